The van der Waals surface area contributed by atoms with Gasteiger partial charge in [-0.1, -0.05) is 18.2 Å². The zero-order chi connectivity index (χ0) is 19.6. The zero-order valence-corrected chi connectivity index (χ0v) is 15.9. The molecule has 0 aromatic heterocycles. The fraction of sp³-hybridized carbons (Fsp3) is 0.333. The minimum Gasteiger partial charge on any atom is -0.497 e. The Hall–Kier alpha value is -3.02. The van der Waals surface area contributed by atoms with E-state index in [2.05, 4.69) is 0 Å². The minimum absolute atomic E-state index is 0.0200. The van der Waals surface area contributed by atoms with E-state index in [1.165, 1.54) is 14.2 Å². The molecule has 0 bridgehead atoms. The highest BCUT2D eigenvalue weighted by atomic mass is 16.5. The molecule has 0 N–H and O–H groups in total. The van der Waals surface area contributed by atoms with Gasteiger partial charge >= 0.3 is 5.97 Å². The lowest BCUT2D eigenvalue weighted by Crippen LogP contribution is -2.43. The van der Waals surface area contributed by atoms with Crippen LogP contribution in [0.4, 0.5) is 5.69 Å². The fourth-order valence-electron chi connectivity index (χ4n) is 3.34. The van der Waals surface area contributed by atoms with Gasteiger partial charge in [0.2, 0.25) is 0 Å². The van der Waals surface area contributed by atoms with Crippen LogP contribution < -0.4 is 14.4 Å². The van der Waals surface area contributed by atoms with Crippen molar-refractivity contribution in [1.82, 2.24) is 0 Å². The highest BCUT2D eigenvalue weighted by Gasteiger charge is 2.34. The van der Waals surface area contributed by atoms with Gasteiger partial charge in [-0.25, -0.2) is 4.79 Å². The Morgan fingerprint density at radius 3 is 2.56 bits per heavy atom. The van der Waals surface area contributed by atoms with Gasteiger partial charge in [0.25, 0.3) is 5.91 Å². The first kappa shape index (κ1) is 18.8. The maximum absolute atomic E-state index is 12.9. The van der Waals surface area contributed by atoms with Crippen molar-refractivity contribution in [3.63, 3.8) is 0 Å². The van der Waals surface area contributed by atoms with Crippen molar-refractivity contribution in [2.45, 2.75) is 32.4 Å². The molecule has 2 aromatic carbocycles. The smallest absolute Gasteiger partial charge is 0.342 e. The first-order valence-corrected chi connectivity index (χ1v) is 8.80. The molecule has 142 valence electrons. The number of fused-ring (bicyclic) bond motifs is 1. The average molecular weight is 369 g/mol. The number of anilines is 1. The maximum atomic E-state index is 12.9. The van der Waals surface area contributed by atoms with Gasteiger partial charge in [-0.15, -0.1) is 0 Å². The zero-order valence-electron chi connectivity index (χ0n) is 15.9. The van der Waals surface area contributed by atoms with Gasteiger partial charge in [0, 0.05) is 17.8 Å². The third-order valence-corrected chi connectivity index (χ3v) is 4.70. The van der Waals surface area contributed by atoms with E-state index in [1.807, 2.05) is 31.2 Å². The summed E-state index contributed by atoms with van der Waals surface area (Å²) in [6.45, 7) is 3.57. The largest absolute Gasteiger partial charge is 0.497 e. The number of nitrogens with zero attached hydrogens (tertiary/aromatic N) is 1. The number of hydrogen-bond acceptors (Lipinski definition) is 5. The summed E-state index contributed by atoms with van der Waals surface area (Å²) in [6, 6.07) is 12.6. The van der Waals surface area contributed by atoms with Crippen molar-refractivity contribution in [1.29, 1.82) is 0 Å². The number of ether oxygens (including phenoxy) is 3. The van der Waals surface area contributed by atoms with E-state index in [9.17, 15) is 9.59 Å². The lowest BCUT2D eigenvalue weighted by molar-refractivity contribution is -0.126. The number of esters is 1. The number of para-hydroxylation sites is 1. The molecule has 0 aliphatic carbocycles. The molecule has 0 saturated carbocycles. The summed E-state index contributed by atoms with van der Waals surface area (Å²) in [6.07, 6.45) is -0.132. The Labute approximate surface area is 158 Å². The van der Waals surface area contributed by atoms with E-state index in [1.54, 1.807) is 30.0 Å². The number of methoxy groups -OCH3 is 2. The molecule has 2 aromatic rings. The minimum atomic E-state index is -0.919. The number of hydrogen-bond donors (Lipinski definition) is 0. The van der Waals surface area contributed by atoms with Gasteiger partial charge in [0.1, 0.15) is 17.1 Å². The van der Waals surface area contributed by atoms with E-state index >= 15 is 0 Å². The van der Waals surface area contributed by atoms with Gasteiger partial charge in [-0.3, -0.25) is 4.79 Å². The van der Waals surface area contributed by atoms with Crippen LogP contribution in [0.1, 0.15) is 29.8 Å². The highest BCUT2D eigenvalue weighted by Crippen LogP contribution is 2.33. The van der Waals surface area contributed by atoms with Crippen LogP contribution >= 0.6 is 0 Å². The second kappa shape index (κ2) is 7.70. The molecule has 0 fully saturated rings. The number of carbonyl (C=O) groups excluding carboxylic acids is 2. The molecule has 0 radical (unpaired) electrons. The molecule has 2 atom stereocenters. The lowest BCUT2D eigenvalue weighted by Gasteiger charge is -2.26. The summed E-state index contributed by atoms with van der Waals surface area (Å²) in [4.78, 5) is 27.2. The first-order valence-electron chi connectivity index (χ1n) is 8.80. The summed E-state index contributed by atoms with van der Waals surface area (Å²) in [5.41, 5.74) is 2.24. The van der Waals surface area contributed by atoms with E-state index in [0.29, 0.717) is 11.5 Å². The maximum Gasteiger partial charge on any atom is 0.342 e. The first-order chi connectivity index (χ1) is 13.0. The number of carbonyl (C=O) groups is 2. The van der Waals surface area contributed by atoms with Crippen LogP contribution in [-0.2, 0) is 16.0 Å². The third kappa shape index (κ3) is 3.60. The Bertz CT molecular complexity index is 863. The van der Waals surface area contributed by atoms with E-state index < -0.39 is 12.1 Å². The molecular weight excluding hydrogens is 346 g/mol. The quantitative estimate of drug-likeness (QED) is 0.757. The normalized spacial score (nSPS) is 16.4. The Morgan fingerprint density at radius 1 is 1.11 bits per heavy atom. The Morgan fingerprint density at radius 2 is 1.85 bits per heavy atom. The van der Waals surface area contributed by atoms with Crippen molar-refractivity contribution >= 4 is 17.6 Å². The van der Waals surface area contributed by atoms with Crippen LogP contribution in [0.25, 0.3) is 0 Å². The lowest BCUT2D eigenvalue weighted by atomic mass is 10.1. The van der Waals surface area contributed by atoms with Crippen molar-refractivity contribution < 1.29 is 23.8 Å². The van der Waals surface area contributed by atoms with Gasteiger partial charge in [0.05, 0.1) is 14.2 Å². The van der Waals surface area contributed by atoms with E-state index in [0.717, 1.165) is 17.7 Å². The summed E-state index contributed by atoms with van der Waals surface area (Å²) in [5.74, 6) is 0.0395. The summed E-state index contributed by atoms with van der Waals surface area (Å²) >= 11 is 0. The van der Waals surface area contributed by atoms with Crippen LogP contribution in [0, 0.1) is 0 Å². The second-order valence-electron chi connectivity index (χ2n) is 6.50. The van der Waals surface area contributed by atoms with Crippen molar-refractivity contribution in [2.75, 3.05) is 19.1 Å². The number of rotatable bonds is 5. The highest BCUT2D eigenvalue weighted by molar-refractivity contribution is 6.01. The fourth-order valence-corrected chi connectivity index (χ4v) is 3.34. The molecule has 0 unspecified atom stereocenters. The van der Waals surface area contributed by atoms with Gasteiger partial charge in [-0.2, -0.15) is 0 Å². The van der Waals surface area contributed by atoms with Crippen LogP contribution in [-0.4, -0.2) is 38.2 Å². The summed E-state index contributed by atoms with van der Waals surface area (Å²) in [5, 5.41) is 0. The molecular formula is C21H23NO5. The van der Waals surface area contributed by atoms with Crippen molar-refractivity contribution in [3.05, 3.63) is 53.6 Å². The van der Waals surface area contributed by atoms with Crippen molar-refractivity contribution in [2.24, 2.45) is 0 Å². The van der Waals surface area contributed by atoms with E-state index in [4.69, 9.17) is 14.2 Å². The predicted molar refractivity (Wildman–Crippen MR) is 102 cm³/mol. The van der Waals surface area contributed by atoms with Crippen LogP contribution in [0.2, 0.25) is 0 Å². The molecule has 1 aliphatic heterocycles. The van der Waals surface area contributed by atoms with Gasteiger partial charge in [0.15, 0.2) is 6.10 Å². The van der Waals surface area contributed by atoms with Crippen LogP contribution in [0.5, 0.6) is 11.5 Å². The molecule has 1 heterocycles. The molecule has 27 heavy (non-hydrogen) atoms. The molecule has 1 aliphatic rings. The molecule has 6 heteroatoms. The predicted octanol–water partition coefficient (Wildman–Crippen LogP) is 3.23. The summed E-state index contributed by atoms with van der Waals surface area (Å²) in [7, 11) is 2.99. The van der Waals surface area contributed by atoms with E-state index in [-0.39, 0.29) is 17.5 Å². The molecule has 1 amide bonds. The van der Waals surface area contributed by atoms with Crippen LogP contribution in [0.15, 0.2) is 42.5 Å². The van der Waals surface area contributed by atoms with Crippen molar-refractivity contribution in [3.8, 4) is 11.5 Å². The van der Waals surface area contributed by atoms with Gasteiger partial charge in [-0.05, 0) is 44.0 Å². The standard InChI is InChI=1S/C21H23NO5/c1-13-11-15-7-5-6-8-18(15)22(13)20(23)14(2)27-21(24)17-10-9-16(25-3)12-19(17)26-4/h5-10,12-14H,11H2,1-4H3/t13-,14+/m1/s1. The topological polar surface area (TPSA) is 65.1 Å². The third-order valence-electron chi connectivity index (χ3n) is 4.70. The number of amides is 1. The van der Waals surface area contributed by atoms with Gasteiger partial charge < -0.3 is 19.1 Å². The van der Waals surface area contributed by atoms with Crippen LogP contribution in [0.3, 0.4) is 0 Å². The molecule has 3 rings (SSSR count). The average Bonchev–Trinajstić information content (AvgIpc) is 3.02. The molecule has 0 spiro atoms. The monoisotopic (exact) mass is 369 g/mol. The molecule has 0 saturated heterocycles. The number of benzene rings is 2. The summed E-state index contributed by atoms with van der Waals surface area (Å²) < 4.78 is 15.8. The Balaban J connectivity index is 1.76. The molecule has 6 nitrogen and oxygen atoms in total. The Kier molecular flexibility index (Phi) is 5.35. The SMILES string of the molecule is COc1ccc(C(=O)O[C@@H](C)C(=O)N2c3ccccc3C[C@H]2C)c(OC)c1. The second-order valence-corrected chi connectivity index (χ2v) is 6.50.